The molecule has 0 bridgehead atoms. The Morgan fingerprint density at radius 1 is 0.278 bits per heavy atom. The molecule has 10 rings (SSSR count). The van der Waals surface area contributed by atoms with Crippen molar-refractivity contribution in [1.29, 1.82) is 0 Å². The molecule has 0 N–H and O–H groups in total. The molecule has 0 radical (unpaired) electrons. The van der Waals surface area contributed by atoms with Crippen molar-refractivity contribution in [1.82, 2.24) is 0 Å². The summed E-state index contributed by atoms with van der Waals surface area (Å²) in [7, 11) is 0. The van der Waals surface area contributed by atoms with Crippen molar-refractivity contribution < 1.29 is 4.42 Å². The van der Waals surface area contributed by atoms with E-state index in [1.807, 2.05) is 12.1 Å². The monoisotopic (exact) mass is 689 g/mol. The Kier molecular flexibility index (Phi) is 7.85. The standard InChI is InChI=1S/C52H35NO/c1-3-12-36(13-4-1)40-16-11-17-41(34-40)37-22-27-43(28-23-37)53(50-32-31-45(39-14-5-2-6-15-39)46-18-7-8-19-47(46)50)44-29-24-38(25-30-44)42-26-33-52-49(35-42)48-20-9-10-21-51(48)54-52/h1-35H. The lowest BCUT2D eigenvalue weighted by molar-refractivity contribution is 0.669. The molecule has 0 aliphatic rings. The summed E-state index contributed by atoms with van der Waals surface area (Å²) in [5.41, 5.74) is 14.7. The third-order valence-corrected chi connectivity index (χ3v) is 10.5. The van der Waals surface area contributed by atoms with Crippen LogP contribution >= 0.6 is 0 Å². The van der Waals surface area contributed by atoms with E-state index < -0.39 is 0 Å². The van der Waals surface area contributed by atoms with E-state index in [1.54, 1.807) is 0 Å². The quantitative estimate of drug-likeness (QED) is 0.166. The lowest BCUT2D eigenvalue weighted by Gasteiger charge is -2.28. The van der Waals surface area contributed by atoms with Crippen LogP contribution in [-0.4, -0.2) is 0 Å². The second-order valence-electron chi connectivity index (χ2n) is 13.7. The van der Waals surface area contributed by atoms with E-state index in [0.29, 0.717) is 0 Å². The largest absolute Gasteiger partial charge is 0.456 e. The minimum Gasteiger partial charge on any atom is -0.456 e. The Bertz CT molecular complexity index is 2910. The van der Waals surface area contributed by atoms with Crippen LogP contribution in [0.2, 0.25) is 0 Å². The molecule has 54 heavy (non-hydrogen) atoms. The number of fused-ring (bicyclic) bond motifs is 4. The Morgan fingerprint density at radius 3 is 1.43 bits per heavy atom. The molecule has 2 heteroatoms. The van der Waals surface area contributed by atoms with Crippen LogP contribution < -0.4 is 4.90 Å². The zero-order chi connectivity index (χ0) is 35.8. The predicted octanol–water partition coefficient (Wildman–Crippen LogP) is 14.9. The van der Waals surface area contributed by atoms with Gasteiger partial charge in [-0.05, 0) is 104 Å². The molecule has 0 unspecified atom stereocenters. The maximum absolute atomic E-state index is 6.12. The lowest BCUT2D eigenvalue weighted by Crippen LogP contribution is -2.10. The van der Waals surface area contributed by atoms with Gasteiger partial charge in [-0.3, -0.25) is 0 Å². The molecule has 0 aliphatic heterocycles. The first-order chi connectivity index (χ1) is 26.8. The maximum Gasteiger partial charge on any atom is 0.135 e. The van der Waals surface area contributed by atoms with Crippen LogP contribution in [0.25, 0.3) is 77.2 Å². The fraction of sp³-hybridized carbons (Fsp3) is 0. The summed E-state index contributed by atoms with van der Waals surface area (Å²) < 4.78 is 6.12. The summed E-state index contributed by atoms with van der Waals surface area (Å²) in [6.07, 6.45) is 0. The first-order valence-corrected chi connectivity index (χ1v) is 18.4. The normalized spacial score (nSPS) is 11.3. The molecule has 0 amide bonds. The highest BCUT2D eigenvalue weighted by atomic mass is 16.3. The van der Waals surface area contributed by atoms with Crippen LogP contribution in [0.5, 0.6) is 0 Å². The van der Waals surface area contributed by atoms with Gasteiger partial charge in [0.05, 0.1) is 5.69 Å². The van der Waals surface area contributed by atoms with Gasteiger partial charge in [-0.15, -0.1) is 0 Å². The summed E-state index contributed by atoms with van der Waals surface area (Å²) >= 11 is 0. The first kappa shape index (κ1) is 31.6. The molecule has 0 saturated heterocycles. The van der Waals surface area contributed by atoms with E-state index in [0.717, 1.165) is 50.1 Å². The molecule has 1 heterocycles. The van der Waals surface area contributed by atoms with Gasteiger partial charge >= 0.3 is 0 Å². The fourth-order valence-corrected chi connectivity index (χ4v) is 7.80. The lowest BCUT2D eigenvalue weighted by atomic mass is 9.96. The van der Waals surface area contributed by atoms with Gasteiger partial charge in [0.15, 0.2) is 0 Å². The van der Waals surface area contributed by atoms with Crippen LogP contribution in [0.1, 0.15) is 0 Å². The van der Waals surface area contributed by atoms with Gasteiger partial charge < -0.3 is 9.32 Å². The topological polar surface area (TPSA) is 16.4 Å². The number of rotatable bonds is 7. The van der Waals surface area contributed by atoms with Gasteiger partial charge in [0, 0.05) is 27.5 Å². The van der Waals surface area contributed by atoms with E-state index in [1.165, 1.54) is 44.2 Å². The average molecular weight is 690 g/mol. The van der Waals surface area contributed by atoms with Gasteiger partial charge in [0.25, 0.3) is 0 Å². The smallest absolute Gasteiger partial charge is 0.135 e. The van der Waals surface area contributed by atoms with Gasteiger partial charge in [0.2, 0.25) is 0 Å². The second-order valence-corrected chi connectivity index (χ2v) is 13.7. The van der Waals surface area contributed by atoms with Crippen molar-refractivity contribution in [3.05, 3.63) is 212 Å². The van der Waals surface area contributed by atoms with E-state index in [9.17, 15) is 0 Å². The van der Waals surface area contributed by atoms with E-state index in [2.05, 4.69) is 205 Å². The van der Waals surface area contributed by atoms with E-state index in [4.69, 9.17) is 4.42 Å². The van der Waals surface area contributed by atoms with Crippen LogP contribution in [0, 0.1) is 0 Å². The number of benzene rings is 9. The number of anilines is 3. The van der Waals surface area contributed by atoms with Gasteiger partial charge in [0.1, 0.15) is 11.2 Å². The van der Waals surface area contributed by atoms with Gasteiger partial charge in [-0.1, -0.05) is 158 Å². The molecule has 0 saturated carbocycles. The minimum absolute atomic E-state index is 0.906. The third-order valence-electron chi connectivity index (χ3n) is 10.5. The highest BCUT2D eigenvalue weighted by Crippen LogP contribution is 2.43. The van der Waals surface area contributed by atoms with Crippen molar-refractivity contribution in [2.24, 2.45) is 0 Å². The van der Waals surface area contributed by atoms with Crippen molar-refractivity contribution in [2.75, 3.05) is 4.90 Å². The molecule has 2 nitrogen and oxygen atoms in total. The van der Waals surface area contributed by atoms with Crippen LogP contribution in [0.4, 0.5) is 17.1 Å². The molecule has 1 aromatic heterocycles. The summed E-state index contributed by atoms with van der Waals surface area (Å²) in [4.78, 5) is 2.39. The Morgan fingerprint density at radius 2 is 0.759 bits per heavy atom. The first-order valence-electron chi connectivity index (χ1n) is 18.4. The Labute approximate surface area is 314 Å². The van der Waals surface area contributed by atoms with Crippen LogP contribution in [0.15, 0.2) is 217 Å². The van der Waals surface area contributed by atoms with E-state index in [-0.39, 0.29) is 0 Å². The number of hydrogen-bond donors (Lipinski definition) is 0. The van der Waals surface area contributed by atoms with Crippen molar-refractivity contribution in [3.8, 4) is 44.5 Å². The number of para-hydroxylation sites is 1. The van der Waals surface area contributed by atoms with E-state index >= 15 is 0 Å². The summed E-state index contributed by atoms with van der Waals surface area (Å²) in [6, 6.07) is 76.0. The highest BCUT2D eigenvalue weighted by molar-refractivity contribution is 6.07. The van der Waals surface area contributed by atoms with Gasteiger partial charge in [-0.25, -0.2) is 0 Å². The summed E-state index contributed by atoms with van der Waals surface area (Å²) in [5, 5.41) is 4.68. The second kappa shape index (κ2) is 13.4. The zero-order valence-corrected chi connectivity index (χ0v) is 29.6. The maximum atomic E-state index is 6.12. The molecule has 254 valence electrons. The molecule has 0 atom stereocenters. The third kappa shape index (κ3) is 5.71. The fourth-order valence-electron chi connectivity index (χ4n) is 7.80. The zero-order valence-electron chi connectivity index (χ0n) is 29.6. The molecule has 10 aromatic rings. The Hall–Kier alpha value is -7.16. The molecule has 9 aromatic carbocycles. The minimum atomic E-state index is 0.906. The van der Waals surface area contributed by atoms with Crippen LogP contribution in [-0.2, 0) is 0 Å². The number of hydrogen-bond acceptors (Lipinski definition) is 2. The van der Waals surface area contributed by atoms with Crippen molar-refractivity contribution in [3.63, 3.8) is 0 Å². The highest BCUT2D eigenvalue weighted by Gasteiger charge is 2.18. The van der Waals surface area contributed by atoms with Crippen molar-refractivity contribution >= 4 is 49.8 Å². The Balaban J connectivity index is 1.08. The molecular formula is C52H35NO. The molecule has 0 aliphatic carbocycles. The SMILES string of the molecule is c1ccc(-c2cccc(-c3ccc(N(c4ccc(-c5ccc6oc7ccccc7c6c5)cc4)c4ccc(-c5ccccc5)c5ccccc45)cc3)c2)cc1. The molecule has 0 spiro atoms. The summed E-state index contributed by atoms with van der Waals surface area (Å²) in [5.74, 6) is 0. The van der Waals surface area contributed by atoms with Crippen molar-refractivity contribution in [2.45, 2.75) is 0 Å². The van der Waals surface area contributed by atoms with Crippen LogP contribution in [0.3, 0.4) is 0 Å². The van der Waals surface area contributed by atoms with Gasteiger partial charge in [-0.2, -0.15) is 0 Å². The number of furan rings is 1. The predicted molar refractivity (Wildman–Crippen MR) is 228 cm³/mol. The summed E-state index contributed by atoms with van der Waals surface area (Å²) in [6.45, 7) is 0. The molecule has 0 fully saturated rings. The average Bonchev–Trinajstić information content (AvgIpc) is 3.63. The number of nitrogens with zero attached hydrogens (tertiary/aromatic N) is 1. The molecular weight excluding hydrogens is 655 g/mol.